The van der Waals surface area contributed by atoms with Crippen LogP contribution in [0.25, 0.3) is 0 Å². The van der Waals surface area contributed by atoms with Gasteiger partial charge in [0.2, 0.25) is 0 Å². The predicted molar refractivity (Wildman–Crippen MR) is 76.1 cm³/mol. The molecular weight excluding hydrogens is 260 g/mol. The van der Waals surface area contributed by atoms with E-state index in [9.17, 15) is 8.78 Å². The second-order valence-electron chi connectivity index (χ2n) is 4.57. The van der Waals surface area contributed by atoms with Crippen LogP contribution in [0.5, 0.6) is 5.75 Å². The molecule has 20 heavy (non-hydrogen) atoms. The number of ether oxygens (including phenoxy) is 1. The van der Waals surface area contributed by atoms with E-state index in [0.29, 0.717) is 19.6 Å². The quantitative estimate of drug-likeness (QED) is 0.801. The molecule has 2 nitrogen and oxygen atoms in total. The Morgan fingerprint density at radius 2 is 1.80 bits per heavy atom. The van der Waals surface area contributed by atoms with Crippen molar-refractivity contribution in [2.45, 2.75) is 13.3 Å². The van der Waals surface area contributed by atoms with Crippen LogP contribution in [0.1, 0.15) is 12.0 Å². The van der Waals surface area contributed by atoms with E-state index in [2.05, 4.69) is 5.32 Å². The number of halogens is 2. The van der Waals surface area contributed by atoms with Gasteiger partial charge >= 0.3 is 0 Å². The summed E-state index contributed by atoms with van der Waals surface area (Å²) in [6, 6.07) is 11.1. The van der Waals surface area contributed by atoms with Crippen LogP contribution in [-0.2, 0) is 0 Å². The van der Waals surface area contributed by atoms with Gasteiger partial charge in [-0.1, -0.05) is 17.7 Å². The highest BCUT2D eigenvalue weighted by Crippen LogP contribution is 2.15. The Hall–Kier alpha value is -2.10. The van der Waals surface area contributed by atoms with Crippen molar-refractivity contribution in [1.29, 1.82) is 0 Å². The Morgan fingerprint density at radius 1 is 1.05 bits per heavy atom. The molecule has 0 saturated heterocycles. The van der Waals surface area contributed by atoms with E-state index >= 15 is 0 Å². The maximum absolute atomic E-state index is 13.3. The van der Waals surface area contributed by atoms with E-state index < -0.39 is 11.6 Å². The van der Waals surface area contributed by atoms with Crippen molar-refractivity contribution in [2.75, 3.05) is 18.5 Å². The molecule has 0 unspecified atom stereocenters. The van der Waals surface area contributed by atoms with Gasteiger partial charge in [-0.05, 0) is 43.7 Å². The number of benzene rings is 2. The van der Waals surface area contributed by atoms with Crippen molar-refractivity contribution in [2.24, 2.45) is 0 Å². The lowest BCUT2D eigenvalue weighted by molar-refractivity contribution is 0.315. The van der Waals surface area contributed by atoms with Gasteiger partial charge in [0.1, 0.15) is 17.4 Å². The second kappa shape index (κ2) is 6.89. The highest BCUT2D eigenvalue weighted by molar-refractivity contribution is 5.44. The van der Waals surface area contributed by atoms with Crippen LogP contribution in [0.15, 0.2) is 42.5 Å². The Balaban J connectivity index is 1.71. The molecule has 106 valence electrons. The summed E-state index contributed by atoms with van der Waals surface area (Å²) in [5.74, 6) is -0.0943. The fraction of sp³-hybridized carbons (Fsp3) is 0.250. The molecule has 0 atom stereocenters. The minimum atomic E-state index is -0.454. The molecule has 0 bridgehead atoms. The standard InChI is InChI=1S/C16H17F2NO/c1-12-3-6-14(7-4-12)20-10-2-9-19-16-11-13(17)5-8-15(16)18/h3-8,11,19H,2,9-10H2,1H3. The van der Waals surface area contributed by atoms with Crippen molar-refractivity contribution in [1.82, 2.24) is 0 Å². The third-order valence-electron chi connectivity index (χ3n) is 2.85. The van der Waals surface area contributed by atoms with Crippen molar-refractivity contribution in [3.05, 3.63) is 59.7 Å². The molecule has 2 aromatic rings. The molecule has 0 heterocycles. The minimum Gasteiger partial charge on any atom is -0.494 e. The number of hydrogen-bond donors (Lipinski definition) is 1. The molecule has 0 aliphatic rings. The van der Waals surface area contributed by atoms with Crippen LogP contribution in [-0.4, -0.2) is 13.2 Å². The fourth-order valence-electron chi connectivity index (χ4n) is 1.75. The summed E-state index contributed by atoms with van der Waals surface area (Å²) in [5, 5.41) is 2.85. The SMILES string of the molecule is Cc1ccc(OCCCNc2cc(F)ccc2F)cc1. The molecule has 0 aromatic heterocycles. The van der Waals surface area contributed by atoms with Crippen LogP contribution < -0.4 is 10.1 Å². The largest absolute Gasteiger partial charge is 0.494 e. The normalized spacial score (nSPS) is 10.3. The summed E-state index contributed by atoms with van der Waals surface area (Å²) >= 11 is 0. The van der Waals surface area contributed by atoms with Crippen LogP contribution in [0, 0.1) is 18.6 Å². The lowest BCUT2D eigenvalue weighted by atomic mass is 10.2. The monoisotopic (exact) mass is 277 g/mol. The average molecular weight is 277 g/mol. The first-order chi connectivity index (χ1) is 9.65. The Labute approximate surface area is 117 Å². The predicted octanol–water partition coefficient (Wildman–Crippen LogP) is 4.15. The molecular formula is C16H17F2NO. The van der Waals surface area contributed by atoms with Gasteiger partial charge in [-0.3, -0.25) is 0 Å². The first-order valence-electron chi connectivity index (χ1n) is 6.53. The lowest BCUT2D eigenvalue weighted by Gasteiger charge is -2.09. The zero-order valence-electron chi connectivity index (χ0n) is 11.3. The van der Waals surface area contributed by atoms with Crippen LogP contribution in [0.3, 0.4) is 0 Å². The summed E-state index contributed by atoms with van der Waals surface area (Å²) in [6.45, 7) is 3.06. The van der Waals surface area contributed by atoms with Crippen molar-refractivity contribution in [3.8, 4) is 5.75 Å². The molecule has 1 N–H and O–H groups in total. The lowest BCUT2D eigenvalue weighted by Crippen LogP contribution is -2.08. The highest BCUT2D eigenvalue weighted by Gasteiger charge is 2.02. The van der Waals surface area contributed by atoms with Crippen molar-refractivity contribution in [3.63, 3.8) is 0 Å². The topological polar surface area (TPSA) is 21.3 Å². The van der Waals surface area contributed by atoms with Crippen molar-refractivity contribution >= 4 is 5.69 Å². The molecule has 0 aliphatic heterocycles. The number of nitrogens with one attached hydrogen (secondary N) is 1. The van der Waals surface area contributed by atoms with E-state index in [1.54, 1.807) is 0 Å². The maximum atomic E-state index is 13.3. The number of anilines is 1. The smallest absolute Gasteiger partial charge is 0.146 e. The molecule has 0 amide bonds. The first kappa shape index (κ1) is 14.3. The third kappa shape index (κ3) is 4.23. The van der Waals surface area contributed by atoms with E-state index in [0.717, 1.165) is 23.9 Å². The van der Waals surface area contributed by atoms with E-state index in [1.165, 1.54) is 5.56 Å². The fourth-order valence-corrected chi connectivity index (χ4v) is 1.75. The molecule has 2 rings (SSSR count). The third-order valence-corrected chi connectivity index (χ3v) is 2.85. The minimum absolute atomic E-state index is 0.181. The summed E-state index contributed by atoms with van der Waals surface area (Å²) in [4.78, 5) is 0. The summed E-state index contributed by atoms with van der Waals surface area (Å²) < 4.78 is 31.8. The van der Waals surface area contributed by atoms with E-state index in [4.69, 9.17) is 4.74 Å². The van der Waals surface area contributed by atoms with Gasteiger partial charge in [-0.15, -0.1) is 0 Å². The molecule has 2 aromatic carbocycles. The molecule has 0 radical (unpaired) electrons. The van der Waals surface area contributed by atoms with Gasteiger partial charge < -0.3 is 10.1 Å². The molecule has 4 heteroatoms. The van der Waals surface area contributed by atoms with Crippen LogP contribution >= 0.6 is 0 Å². The zero-order chi connectivity index (χ0) is 14.4. The second-order valence-corrected chi connectivity index (χ2v) is 4.57. The summed E-state index contributed by atoms with van der Waals surface area (Å²) in [6.07, 6.45) is 0.698. The van der Waals surface area contributed by atoms with E-state index in [1.807, 2.05) is 31.2 Å². The first-order valence-corrected chi connectivity index (χ1v) is 6.53. The maximum Gasteiger partial charge on any atom is 0.146 e. The van der Waals surface area contributed by atoms with Gasteiger partial charge in [0.15, 0.2) is 0 Å². The van der Waals surface area contributed by atoms with Gasteiger partial charge in [0, 0.05) is 6.54 Å². The van der Waals surface area contributed by atoms with Crippen LogP contribution in [0.2, 0.25) is 0 Å². The number of hydrogen-bond acceptors (Lipinski definition) is 2. The number of rotatable bonds is 6. The zero-order valence-corrected chi connectivity index (χ0v) is 11.3. The van der Waals surface area contributed by atoms with Crippen molar-refractivity contribution < 1.29 is 13.5 Å². The molecule has 0 spiro atoms. The highest BCUT2D eigenvalue weighted by atomic mass is 19.1. The molecule has 0 aliphatic carbocycles. The van der Waals surface area contributed by atoms with Gasteiger partial charge in [-0.2, -0.15) is 0 Å². The number of aryl methyl sites for hydroxylation is 1. The summed E-state index contributed by atoms with van der Waals surface area (Å²) in [5.41, 5.74) is 1.36. The van der Waals surface area contributed by atoms with Crippen LogP contribution in [0.4, 0.5) is 14.5 Å². The van der Waals surface area contributed by atoms with E-state index in [-0.39, 0.29) is 5.69 Å². The van der Waals surface area contributed by atoms with Gasteiger partial charge in [-0.25, -0.2) is 8.78 Å². The van der Waals surface area contributed by atoms with Gasteiger partial charge in [0.25, 0.3) is 0 Å². The summed E-state index contributed by atoms with van der Waals surface area (Å²) in [7, 11) is 0. The average Bonchev–Trinajstić information content (AvgIpc) is 2.44. The Bertz CT molecular complexity index is 555. The Kier molecular flexibility index (Phi) is 4.93. The molecule has 0 saturated carbocycles. The molecule has 0 fully saturated rings. The van der Waals surface area contributed by atoms with Gasteiger partial charge in [0.05, 0.1) is 12.3 Å². The Morgan fingerprint density at radius 3 is 2.55 bits per heavy atom.